The van der Waals surface area contributed by atoms with Crippen molar-refractivity contribution >= 4 is 27.5 Å². The number of carbonyl (C=O) groups is 2. The average Bonchev–Trinajstić information content (AvgIpc) is 2.61. The van der Waals surface area contributed by atoms with Crippen molar-refractivity contribution in [3.05, 3.63) is 29.8 Å². The third-order valence-corrected chi connectivity index (χ3v) is 6.02. The van der Waals surface area contributed by atoms with E-state index in [1.807, 2.05) is 13.8 Å². The maximum Gasteiger partial charge on any atom is 0.253 e. The average molecular weight is 381 g/mol. The van der Waals surface area contributed by atoms with Crippen molar-refractivity contribution in [2.45, 2.75) is 39.2 Å². The second kappa shape index (κ2) is 8.64. The maximum atomic E-state index is 12.6. The zero-order chi connectivity index (χ0) is 19.3. The summed E-state index contributed by atoms with van der Waals surface area (Å²) in [6.45, 7) is 4.59. The number of benzene rings is 1. The SMILES string of the molecule is CC[C@H](C)NC(=O)c1ccccc1NC(=O)C1CCN(S(C)(=O)=O)CC1. The van der Waals surface area contributed by atoms with Gasteiger partial charge in [0, 0.05) is 25.0 Å². The zero-order valence-corrected chi connectivity index (χ0v) is 16.3. The fraction of sp³-hybridized carbons (Fsp3) is 0.556. The number of carbonyl (C=O) groups excluding carboxylic acids is 2. The first-order valence-corrected chi connectivity index (χ1v) is 10.7. The molecule has 0 bridgehead atoms. The summed E-state index contributed by atoms with van der Waals surface area (Å²) in [5, 5.41) is 5.74. The van der Waals surface area contributed by atoms with Crippen LogP contribution in [0.5, 0.6) is 0 Å². The highest BCUT2D eigenvalue weighted by molar-refractivity contribution is 7.88. The lowest BCUT2D eigenvalue weighted by Crippen LogP contribution is -2.41. The van der Waals surface area contributed by atoms with Crippen LogP contribution in [0.4, 0.5) is 5.69 Å². The molecule has 144 valence electrons. The van der Waals surface area contributed by atoms with Crippen LogP contribution in [0.3, 0.4) is 0 Å². The molecule has 1 aliphatic rings. The molecule has 1 aliphatic heterocycles. The first-order valence-electron chi connectivity index (χ1n) is 8.88. The Morgan fingerprint density at radius 1 is 1.23 bits per heavy atom. The van der Waals surface area contributed by atoms with Gasteiger partial charge in [-0.1, -0.05) is 19.1 Å². The largest absolute Gasteiger partial charge is 0.350 e. The molecular formula is C18H27N3O4S. The normalized spacial score (nSPS) is 17.5. The Balaban J connectivity index is 2.03. The lowest BCUT2D eigenvalue weighted by molar-refractivity contribution is -0.120. The first-order chi connectivity index (χ1) is 12.2. The molecule has 0 aliphatic carbocycles. The third kappa shape index (κ3) is 5.28. The van der Waals surface area contributed by atoms with Gasteiger partial charge in [-0.25, -0.2) is 12.7 Å². The van der Waals surface area contributed by atoms with Crippen molar-refractivity contribution in [3.63, 3.8) is 0 Å². The van der Waals surface area contributed by atoms with E-state index in [-0.39, 0.29) is 23.8 Å². The Kier molecular flexibility index (Phi) is 6.77. The molecule has 7 nitrogen and oxygen atoms in total. The molecule has 0 aromatic heterocycles. The Labute approximate surface area is 155 Å². The Morgan fingerprint density at radius 2 is 1.85 bits per heavy atom. The van der Waals surface area contributed by atoms with Crippen LogP contribution in [0, 0.1) is 5.92 Å². The standard InChI is InChI=1S/C18H27N3O4S/c1-4-13(2)19-18(23)15-7-5-6-8-16(15)20-17(22)14-9-11-21(12-10-14)26(3,24)25/h5-8,13-14H,4,9-12H2,1-3H3,(H,19,23)(H,20,22)/t13-/m0/s1. The highest BCUT2D eigenvalue weighted by Gasteiger charge is 2.29. The van der Waals surface area contributed by atoms with Crippen LogP contribution in [0.2, 0.25) is 0 Å². The number of sulfonamides is 1. The molecule has 2 amide bonds. The molecule has 0 spiro atoms. The van der Waals surface area contributed by atoms with E-state index < -0.39 is 10.0 Å². The van der Waals surface area contributed by atoms with Crippen LogP contribution < -0.4 is 10.6 Å². The topological polar surface area (TPSA) is 95.6 Å². The number of amides is 2. The van der Waals surface area contributed by atoms with Gasteiger partial charge in [-0.15, -0.1) is 0 Å². The summed E-state index contributed by atoms with van der Waals surface area (Å²) in [7, 11) is -3.22. The van der Waals surface area contributed by atoms with Gasteiger partial charge in [0.1, 0.15) is 0 Å². The summed E-state index contributed by atoms with van der Waals surface area (Å²) in [6, 6.07) is 6.95. The van der Waals surface area contributed by atoms with Crippen molar-refractivity contribution in [3.8, 4) is 0 Å². The Bertz CT molecular complexity index is 755. The summed E-state index contributed by atoms with van der Waals surface area (Å²) in [6.07, 6.45) is 2.94. The van der Waals surface area contributed by atoms with E-state index in [9.17, 15) is 18.0 Å². The maximum absolute atomic E-state index is 12.6. The fourth-order valence-corrected chi connectivity index (χ4v) is 3.75. The van der Waals surface area contributed by atoms with E-state index in [4.69, 9.17) is 0 Å². The van der Waals surface area contributed by atoms with Crippen LogP contribution >= 0.6 is 0 Å². The molecule has 1 saturated heterocycles. The fourth-order valence-electron chi connectivity index (χ4n) is 2.88. The van der Waals surface area contributed by atoms with Gasteiger partial charge in [0.2, 0.25) is 15.9 Å². The molecule has 1 heterocycles. The molecule has 1 fully saturated rings. The molecule has 2 N–H and O–H groups in total. The van der Waals surface area contributed by atoms with Gasteiger partial charge in [0.15, 0.2) is 0 Å². The van der Waals surface area contributed by atoms with E-state index >= 15 is 0 Å². The number of nitrogens with zero attached hydrogens (tertiary/aromatic N) is 1. The number of piperidine rings is 1. The smallest absolute Gasteiger partial charge is 0.253 e. The van der Waals surface area contributed by atoms with Crippen LogP contribution in [0.1, 0.15) is 43.5 Å². The molecule has 1 aromatic rings. The predicted molar refractivity (Wildman–Crippen MR) is 101 cm³/mol. The monoisotopic (exact) mass is 381 g/mol. The first kappa shape index (κ1) is 20.4. The summed E-state index contributed by atoms with van der Waals surface area (Å²) in [4.78, 5) is 25.0. The van der Waals surface area contributed by atoms with E-state index in [1.165, 1.54) is 10.6 Å². The molecule has 1 atom stereocenters. The molecule has 26 heavy (non-hydrogen) atoms. The lowest BCUT2D eigenvalue weighted by Gasteiger charge is -2.29. The molecular weight excluding hydrogens is 354 g/mol. The van der Waals surface area contributed by atoms with Crippen molar-refractivity contribution < 1.29 is 18.0 Å². The van der Waals surface area contributed by atoms with Gasteiger partial charge in [0.25, 0.3) is 5.91 Å². The highest BCUT2D eigenvalue weighted by atomic mass is 32.2. The molecule has 0 radical (unpaired) electrons. The van der Waals surface area contributed by atoms with Crippen LogP contribution in [0.15, 0.2) is 24.3 Å². The molecule has 8 heteroatoms. The molecule has 0 unspecified atom stereocenters. The van der Waals surface area contributed by atoms with Crippen LogP contribution in [-0.4, -0.2) is 49.9 Å². The summed E-state index contributed by atoms with van der Waals surface area (Å²) in [5.74, 6) is -0.664. The molecule has 2 rings (SSSR count). The zero-order valence-electron chi connectivity index (χ0n) is 15.5. The minimum absolute atomic E-state index is 0.0478. The quantitative estimate of drug-likeness (QED) is 0.786. The lowest BCUT2D eigenvalue weighted by atomic mass is 9.97. The van der Waals surface area contributed by atoms with Crippen molar-refractivity contribution in [1.29, 1.82) is 0 Å². The molecule has 0 saturated carbocycles. The second-order valence-electron chi connectivity index (χ2n) is 6.75. The van der Waals surface area contributed by atoms with Gasteiger partial charge in [0.05, 0.1) is 17.5 Å². The summed E-state index contributed by atoms with van der Waals surface area (Å²) < 4.78 is 24.5. The van der Waals surface area contributed by atoms with E-state index in [0.717, 1.165) is 6.42 Å². The van der Waals surface area contributed by atoms with Crippen molar-refractivity contribution in [2.75, 3.05) is 24.7 Å². The summed E-state index contributed by atoms with van der Waals surface area (Å²) >= 11 is 0. The van der Waals surface area contributed by atoms with Crippen LogP contribution in [0.25, 0.3) is 0 Å². The molecule has 1 aromatic carbocycles. The number of para-hydroxylation sites is 1. The van der Waals surface area contributed by atoms with Gasteiger partial charge in [-0.05, 0) is 38.3 Å². The van der Waals surface area contributed by atoms with Gasteiger partial charge < -0.3 is 10.6 Å². The van der Waals surface area contributed by atoms with Crippen molar-refractivity contribution in [2.24, 2.45) is 5.92 Å². The van der Waals surface area contributed by atoms with Gasteiger partial charge in [-0.3, -0.25) is 9.59 Å². The Morgan fingerprint density at radius 3 is 2.42 bits per heavy atom. The van der Waals surface area contributed by atoms with Crippen LogP contribution in [-0.2, 0) is 14.8 Å². The van der Waals surface area contributed by atoms with E-state index in [0.29, 0.717) is 37.2 Å². The van der Waals surface area contributed by atoms with Gasteiger partial charge >= 0.3 is 0 Å². The van der Waals surface area contributed by atoms with E-state index in [2.05, 4.69) is 10.6 Å². The second-order valence-corrected chi connectivity index (χ2v) is 8.74. The minimum Gasteiger partial charge on any atom is -0.350 e. The number of rotatable bonds is 6. The number of hydrogen-bond acceptors (Lipinski definition) is 4. The highest BCUT2D eigenvalue weighted by Crippen LogP contribution is 2.22. The number of anilines is 1. The van der Waals surface area contributed by atoms with E-state index in [1.54, 1.807) is 24.3 Å². The third-order valence-electron chi connectivity index (χ3n) is 4.71. The number of nitrogens with one attached hydrogen (secondary N) is 2. The Hall–Kier alpha value is -1.93. The minimum atomic E-state index is -3.22. The predicted octanol–water partition coefficient (Wildman–Crippen LogP) is 1.83. The summed E-state index contributed by atoms with van der Waals surface area (Å²) in [5.41, 5.74) is 0.901. The number of hydrogen-bond donors (Lipinski definition) is 2. The van der Waals surface area contributed by atoms with Gasteiger partial charge in [-0.2, -0.15) is 0 Å². The van der Waals surface area contributed by atoms with Crippen molar-refractivity contribution in [1.82, 2.24) is 9.62 Å².